The number of rotatable bonds is 16. The molecular weight excluding hydrogens is 597 g/mol. The molecule has 0 aliphatic carbocycles. The van der Waals surface area contributed by atoms with E-state index in [2.05, 4.69) is 16.0 Å². The zero-order valence-corrected chi connectivity index (χ0v) is 25.6. The SMILES string of the molecule is CCOP(=O)(CNc1c(Cl)cccc1NC(=O)C[C@@H](NC(=O)OCc1ccccc1)C(=O)OCc1ccccc1)OCC. The quantitative estimate of drug-likeness (QED) is 0.122. The van der Waals surface area contributed by atoms with Gasteiger partial charge in [-0.05, 0) is 37.1 Å². The van der Waals surface area contributed by atoms with E-state index in [0.717, 1.165) is 11.1 Å². The van der Waals surface area contributed by atoms with E-state index in [1.54, 1.807) is 80.6 Å². The molecule has 0 heterocycles. The van der Waals surface area contributed by atoms with Gasteiger partial charge in [-0.2, -0.15) is 0 Å². The predicted molar refractivity (Wildman–Crippen MR) is 164 cm³/mol. The van der Waals surface area contributed by atoms with Crippen molar-refractivity contribution in [2.45, 2.75) is 39.5 Å². The first-order valence-corrected chi connectivity index (χ1v) is 15.7. The number of ether oxygens (including phenoxy) is 2. The highest BCUT2D eigenvalue weighted by atomic mass is 35.5. The Hall–Kier alpha value is -3.89. The Labute approximate surface area is 255 Å². The Morgan fingerprint density at radius 1 is 0.814 bits per heavy atom. The van der Waals surface area contributed by atoms with Crippen molar-refractivity contribution < 1.29 is 37.5 Å². The summed E-state index contributed by atoms with van der Waals surface area (Å²) in [6.07, 6.45) is -1.58. The highest BCUT2D eigenvalue weighted by Crippen LogP contribution is 2.48. The van der Waals surface area contributed by atoms with Gasteiger partial charge in [0.05, 0.1) is 36.0 Å². The van der Waals surface area contributed by atoms with Crippen molar-refractivity contribution in [3.05, 3.63) is 95.0 Å². The molecule has 3 N–H and O–H groups in total. The summed E-state index contributed by atoms with van der Waals surface area (Å²) in [5, 5.41) is 8.29. The van der Waals surface area contributed by atoms with Gasteiger partial charge in [-0.25, -0.2) is 9.59 Å². The number of carbonyl (C=O) groups excluding carboxylic acids is 3. The molecular formula is C30H35ClN3O8P. The van der Waals surface area contributed by atoms with Crippen LogP contribution in [0.3, 0.4) is 0 Å². The molecule has 0 saturated heterocycles. The highest BCUT2D eigenvalue weighted by molar-refractivity contribution is 7.53. The monoisotopic (exact) mass is 631 g/mol. The molecule has 43 heavy (non-hydrogen) atoms. The second kappa shape index (κ2) is 17.3. The fourth-order valence-corrected chi connectivity index (χ4v) is 5.46. The molecule has 230 valence electrons. The van der Waals surface area contributed by atoms with Crippen LogP contribution in [0.2, 0.25) is 5.02 Å². The third-order valence-corrected chi connectivity index (χ3v) is 7.96. The smallest absolute Gasteiger partial charge is 0.408 e. The van der Waals surface area contributed by atoms with Gasteiger partial charge in [0.15, 0.2) is 0 Å². The van der Waals surface area contributed by atoms with E-state index in [9.17, 15) is 18.9 Å². The number of esters is 1. The maximum absolute atomic E-state index is 13.1. The largest absolute Gasteiger partial charge is 0.459 e. The molecule has 0 saturated carbocycles. The average molecular weight is 632 g/mol. The lowest BCUT2D eigenvalue weighted by molar-refractivity contribution is -0.148. The molecule has 0 aliphatic heterocycles. The fourth-order valence-electron chi connectivity index (χ4n) is 3.82. The van der Waals surface area contributed by atoms with E-state index in [-0.39, 0.29) is 49.1 Å². The molecule has 0 radical (unpaired) electrons. The Bertz CT molecular complexity index is 1380. The summed E-state index contributed by atoms with van der Waals surface area (Å²) >= 11 is 6.37. The highest BCUT2D eigenvalue weighted by Gasteiger charge is 2.28. The molecule has 0 spiro atoms. The van der Waals surface area contributed by atoms with Crippen LogP contribution in [0.25, 0.3) is 0 Å². The molecule has 0 bridgehead atoms. The number of benzene rings is 3. The molecule has 11 nitrogen and oxygen atoms in total. The Kier molecular flexibility index (Phi) is 13.5. The Balaban J connectivity index is 1.70. The summed E-state index contributed by atoms with van der Waals surface area (Å²) < 4.78 is 34.2. The standard InChI is InChI=1S/C30H35ClN3O8P/c1-3-41-43(38,42-4-2)21-32-28-24(31)16-11-17-25(28)33-27(35)18-26(29(36)39-19-22-12-7-5-8-13-22)34-30(37)40-20-23-14-9-6-10-15-23/h5-17,26,32H,3-4,18-21H2,1-2H3,(H,33,35)(H,34,37)/t26-/m1/s1. The minimum absolute atomic E-state index is 0.0322. The molecule has 2 amide bonds. The maximum Gasteiger partial charge on any atom is 0.408 e. The van der Waals surface area contributed by atoms with Gasteiger partial charge in [-0.1, -0.05) is 78.3 Å². The predicted octanol–water partition coefficient (Wildman–Crippen LogP) is 6.34. The lowest BCUT2D eigenvalue weighted by Crippen LogP contribution is -2.44. The van der Waals surface area contributed by atoms with Crippen LogP contribution in [0.15, 0.2) is 78.9 Å². The van der Waals surface area contributed by atoms with Crippen LogP contribution in [0.4, 0.5) is 16.2 Å². The third kappa shape index (κ3) is 11.4. The van der Waals surface area contributed by atoms with Crippen molar-refractivity contribution in [3.63, 3.8) is 0 Å². The summed E-state index contributed by atoms with van der Waals surface area (Å²) in [5.74, 6) is -1.46. The van der Waals surface area contributed by atoms with Gasteiger partial charge in [-0.15, -0.1) is 0 Å². The second-order valence-corrected chi connectivity index (χ2v) is 11.5. The van der Waals surface area contributed by atoms with Crippen molar-refractivity contribution >= 4 is 48.5 Å². The van der Waals surface area contributed by atoms with Crippen LogP contribution in [0, 0.1) is 0 Å². The van der Waals surface area contributed by atoms with E-state index in [1.165, 1.54) is 0 Å². The molecule has 0 unspecified atom stereocenters. The van der Waals surface area contributed by atoms with Gasteiger partial charge in [-0.3, -0.25) is 9.36 Å². The average Bonchev–Trinajstić information content (AvgIpc) is 2.99. The van der Waals surface area contributed by atoms with E-state index >= 15 is 0 Å². The van der Waals surface area contributed by atoms with Crippen molar-refractivity contribution in [2.75, 3.05) is 30.1 Å². The Morgan fingerprint density at radius 2 is 1.40 bits per heavy atom. The summed E-state index contributed by atoms with van der Waals surface area (Å²) in [6, 6.07) is 21.4. The van der Waals surface area contributed by atoms with Gasteiger partial charge in [0.2, 0.25) is 5.91 Å². The van der Waals surface area contributed by atoms with E-state index in [0.29, 0.717) is 0 Å². The molecule has 0 aromatic heterocycles. The van der Waals surface area contributed by atoms with E-state index < -0.39 is 38.0 Å². The first-order valence-electron chi connectivity index (χ1n) is 13.6. The third-order valence-electron chi connectivity index (χ3n) is 5.79. The van der Waals surface area contributed by atoms with E-state index in [1.807, 2.05) is 12.1 Å². The number of alkyl carbamates (subject to hydrolysis) is 1. The number of hydrogen-bond donors (Lipinski definition) is 3. The molecule has 13 heteroatoms. The zero-order chi connectivity index (χ0) is 31.1. The molecule has 3 aromatic carbocycles. The number of para-hydroxylation sites is 1. The molecule has 3 aromatic rings. The summed E-state index contributed by atoms with van der Waals surface area (Å²) in [7, 11) is -3.48. The zero-order valence-electron chi connectivity index (χ0n) is 23.9. The van der Waals surface area contributed by atoms with Crippen molar-refractivity contribution in [3.8, 4) is 0 Å². The topological polar surface area (TPSA) is 141 Å². The van der Waals surface area contributed by atoms with Crippen LogP contribution in [0.1, 0.15) is 31.4 Å². The summed E-state index contributed by atoms with van der Waals surface area (Å²) in [5.41, 5.74) is 2.00. The number of amides is 2. The van der Waals surface area contributed by atoms with Gasteiger partial charge < -0.3 is 34.5 Å². The van der Waals surface area contributed by atoms with Crippen LogP contribution in [-0.2, 0) is 45.9 Å². The van der Waals surface area contributed by atoms with Crippen molar-refractivity contribution in [1.82, 2.24) is 5.32 Å². The number of halogens is 1. The number of hydrogen-bond acceptors (Lipinski definition) is 9. The number of carbonyl (C=O) groups is 3. The minimum atomic E-state index is -3.48. The van der Waals surface area contributed by atoms with Crippen LogP contribution in [0.5, 0.6) is 0 Å². The van der Waals surface area contributed by atoms with Crippen LogP contribution >= 0.6 is 19.2 Å². The minimum Gasteiger partial charge on any atom is -0.459 e. The molecule has 0 fully saturated rings. The van der Waals surface area contributed by atoms with Gasteiger partial charge in [0.25, 0.3) is 0 Å². The second-order valence-electron chi connectivity index (χ2n) is 9.05. The lowest BCUT2D eigenvalue weighted by Gasteiger charge is -2.21. The number of anilines is 2. The van der Waals surface area contributed by atoms with Gasteiger partial charge in [0, 0.05) is 0 Å². The molecule has 3 rings (SSSR count). The first kappa shape index (κ1) is 33.6. The van der Waals surface area contributed by atoms with Crippen molar-refractivity contribution in [2.24, 2.45) is 0 Å². The summed E-state index contributed by atoms with van der Waals surface area (Å²) in [4.78, 5) is 38.7. The number of nitrogens with one attached hydrogen (secondary N) is 3. The normalized spacial score (nSPS) is 11.7. The molecule has 0 aliphatic rings. The van der Waals surface area contributed by atoms with Gasteiger partial charge >= 0.3 is 19.7 Å². The van der Waals surface area contributed by atoms with E-state index in [4.69, 9.17) is 30.1 Å². The summed E-state index contributed by atoms with van der Waals surface area (Å²) in [6.45, 7) is 3.65. The molecule has 1 atom stereocenters. The van der Waals surface area contributed by atoms with Crippen LogP contribution < -0.4 is 16.0 Å². The Morgan fingerprint density at radius 3 is 1.98 bits per heavy atom. The van der Waals surface area contributed by atoms with Gasteiger partial charge in [0.1, 0.15) is 25.5 Å². The first-order chi connectivity index (χ1) is 20.7. The fraction of sp³-hybridized carbons (Fsp3) is 0.300. The maximum atomic E-state index is 13.1. The lowest BCUT2D eigenvalue weighted by atomic mass is 10.2. The van der Waals surface area contributed by atoms with Crippen molar-refractivity contribution in [1.29, 1.82) is 0 Å². The van der Waals surface area contributed by atoms with Crippen LogP contribution in [-0.4, -0.2) is 43.5 Å².